The zero-order chi connectivity index (χ0) is 10.6. The lowest BCUT2D eigenvalue weighted by atomic mass is 10.1. The van der Waals surface area contributed by atoms with Gasteiger partial charge >= 0.3 is 0 Å². The van der Waals surface area contributed by atoms with Crippen molar-refractivity contribution in [2.45, 2.75) is 33.7 Å². The Balaban J connectivity index is 2.90. The van der Waals surface area contributed by atoms with Crippen LogP contribution in [0.4, 0.5) is 0 Å². The van der Waals surface area contributed by atoms with Crippen molar-refractivity contribution in [3.8, 4) is 0 Å². The third-order valence-corrected chi connectivity index (χ3v) is 2.17. The summed E-state index contributed by atoms with van der Waals surface area (Å²) in [6, 6.07) is 0. The lowest BCUT2D eigenvalue weighted by Crippen LogP contribution is -2.01. The predicted molar refractivity (Wildman–Crippen MR) is 56.4 cm³/mol. The third-order valence-electron chi connectivity index (χ3n) is 2.17. The first-order chi connectivity index (χ1) is 6.70. The van der Waals surface area contributed by atoms with Gasteiger partial charge < -0.3 is 0 Å². The van der Waals surface area contributed by atoms with E-state index in [9.17, 15) is 4.79 Å². The molecule has 0 saturated carbocycles. The van der Waals surface area contributed by atoms with Gasteiger partial charge in [0.05, 0.1) is 11.8 Å². The highest BCUT2D eigenvalue weighted by Gasteiger charge is 2.10. The third kappa shape index (κ3) is 2.10. The molecule has 1 aromatic heterocycles. The molecule has 0 bridgehead atoms. The van der Waals surface area contributed by atoms with Crippen LogP contribution in [-0.2, 0) is 6.54 Å². The lowest BCUT2D eigenvalue weighted by Gasteiger charge is -1.98. The molecule has 3 nitrogen and oxygen atoms in total. The van der Waals surface area contributed by atoms with Crippen LogP contribution in [0.25, 0.3) is 0 Å². The molecule has 14 heavy (non-hydrogen) atoms. The molecule has 1 aromatic rings. The first kappa shape index (κ1) is 10.7. The average molecular weight is 192 g/mol. The highest BCUT2D eigenvalue weighted by molar-refractivity contribution is 6.05. The summed E-state index contributed by atoms with van der Waals surface area (Å²) in [5.74, 6) is 0.0454. The summed E-state index contributed by atoms with van der Waals surface area (Å²) in [5, 5.41) is 4.13. The number of aromatic nitrogens is 2. The van der Waals surface area contributed by atoms with Crippen molar-refractivity contribution in [3.05, 3.63) is 29.6 Å². The molecule has 0 N–H and O–H groups in total. The van der Waals surface area contributed by atoms with Crippen molar-refractivity contribution in [2.24, 2.45) is 0 Å². The van der Waals surface area contributed by atoms with Crippen LogP contribution in [-0.4, -0.2) is 15.6 Å². The van der Waals surface area contributed by atoms with Crippen LogP contribution < -0.4 is 0 Å². The minimum absolute atomic E-state index is 0.0454. The molecule has 0 spiro atoms. The molecule has 1 rings (SSSR count). The van der Waals surface area contributed by atoms with Crippen LogP contribution in [0.5, 0.6) is 0 Å². The fraction of sp³-hybridized carbons (Fsp3) is 0.455. The molecule has 0 amide bonds. The highest BCUT2D eigenvalue weighted by Crippen LogP contribution is 2.08. The van der Waals surface area contributed by atoms with E-state index in [0.29, 0.717) is 5.56 Å². The molecule has 3 heteroatoms. The van der Waals surface area contributed by atoms with Gasteiger partial charge in [-0.2, -0.15) is 5.10 Å². The quantitative estimate of drug-likeness (QED) is 0.542. The molecular formula is C11H16N2O. The van der Waals surface area contributed by atoms with Gasteiger partial charge in [-0.05, 0) is 26.3 Å². The zero-order valence-corrected chi connectivity index (χ0v) is 8.95. The number of allylic oxidation sites excluding steroid dienone is 2. The molecule has 0 fully saturated rings. The normalized spacial score (nSPS) is 11.1. The van der Waals surface area contributed by atoms with Crippen molar-refractivity contribution in [3.63, 3.8) is 0 Å². The summed E-state index contributed by atoms with van der Waals surface area (Å²) in [5.41, 5.74) is 1.65. The summed E-state index contributed by atoms with van der Waals surface area (Å²) in [6.07, 6.45) is 6.00. The number of aryl methyl sites for hydroxylation is 1. The number of carbonyl (C=O) groups is 1. The van der Waals surface area contributed by atoms with Crippen LogP contribution in [0.1, 0.15) is 36.3 Å². The standard InChI is InChI=1S/C11H16N2O/c1-4-6-7-11(14)10-8-12-13(5-2)9(10)3/h6-8H,4-5H2,1-3H3/b7-6+. The number of ketones is 1. The van der Waals surface area contributed by atoms with E-state index in [4.69, 9.17) is 0 Å². The van der Waals surface area contributed by atoms with Crippen LogP contribution in [0.15, 0.2) is 18.3 Å². The van der Waals surface area contributed by atoms with Gasteiger partial charge in [-0.1, -0.05) is 13.0 Å². The van der Waals surface area contributed by atoms with Gasteiger partial charge in [-0.25, -0.2) is 0 Å². The zero-order valence-electron chi connectivity index (χ0n) is 8.95. The Morgan fingerprint density at radius 2 is 2.29 bits per heavy atom. The van der Waals surface area contributed by atoms with Crippen LogP contribution in [0, 0.1) is 6.92 Å². The van der Waals surface area contributed by atoms with E-state index in [1.165, 1.54) is 0 Å². The molecule has 0 aliphatic heterocycles. The van der Waals surface area contributed by atoms with Crippen LogP contribution in [0.2, 0.25) is 0 Å². The van der Waals surface area contributed by atoms with Crippen molar-refractivity contribution in [2.75, 3.05) is 0 Å². The Hall–Kier alpha value is -1.38. The van der Waals surface area contributed by atoms with Gasteiger partial charge in [-0.15, -0.1) is 0 Å². The Bertz CT molecular complexity index is 350. The first-order valence-corrected chi connectivity index (χ1v) is 4.94. The maximum Gasteiger partial charge on any atom is 0.188 e. The SMILES string of the molecule is CC/C=C/C(=O)c1cnn(CC)c1C. The van der Waals surface area contributed by atoms with Crippen LogP contribution >= 0.6 is 0 Å². The van der Waals surface area contributed by atoms with E-state index >= 15 is 0 Å². The number of rotatable bonds is 4. The molecule has 0 unspecified atom stereocenters. The van der Waals surface area contributed by atoms with E-state index in [0.717, 1.165) is 18.7 Å². The lowest BCUT2D eigenvalue weighted by molar-refractivity contribution is 0.104. The minimum atomic E-state index is 0.0454. The van der Waals surface area contributed by atoms with Gasteiger partial charge in [0.15, 0.2) is 5.78 Å². The van der Waals surface area contributed by atoms with E-state index in [-0.39, 0.29) is 5.78 Å². The molecule has 0 atom stereocenters. The van der Waals surface area contributed by atoms with Gasteiger partial charge in [0.25, 0.3) is 0 Å². The number of hydrogen-bond acceptors (Lipinski definition) is 2. The summed E-state index contributed by atoms with van der Waals surface area (Å²) >= 11 is 0. The largest absolute Gasteiger partial charge is 0.289 e. The predicted octanol–water partition coefficient (Wildman–Crippen LogP) is 2.36. The number of carbonyl (C=O) groups excluding carboxylic acids is 1. The Morgan fingerprint density at radius 1 is 1.57 bits per heavy atom. The fourth-order valence-electron chi connectivity index (χ4n) is 1.32. The van der Waals surface area contributed by atoms with E-state index in [1.807, 2.05) is 31.5 Å². The maximum atomic E-state index is 11.6. The second kappa shape index (κ2) is 4.74. The average Bonchev–Trinajstić information content (AvgIpc) is 2.56. The number of hydrogen-bond donors (Lipinski definition) is 0. The Labute approximate surface area is 84.4 Å². The molecule has 0 aliphatic carbocycles. The summed E-state index contributed by atoms with van der Waals surface area (Å²) in [6.45, 7) is 6.74. The highest BCUT2D eigenvalue weighted by atomic mass is 16.1. The summed E-state index contributed by atoms with van der Waals surface area (Å²) < 4.78 is 1.83. The van der Waals surface area contributed by atoms with Gasteiger partial charge in [0.1, 0.15) is 0 Å². The van der Waals surface area contributed by atoms with Gasteiger partial charge in [-0.3, -0.25) is 9.48 Å². The van der Waals surface area contributed by atoms with Crippen molar-refractivity contribution >= 4 is 5.78 Å². The number of nitrogens with zero attached hydrogens (tertiary/aromatic N) is 2. The van der Waals surface area contributed by atoms with Crippen molar-refractivity contribution in [1.82, 2.24) is 9.78 Å². The smallest absolute Gasteiger partial charge is 0.188 e. The molecule has 0 aromatic carbocycles. The molecule has 1 heterocycles. The molecule has 0 radical (unpaired) electrons. The Kier molecular flexibility index (Phi) is 3.63. The van der Waals surface area contributed by atoms with E-state index in [1.54, 1.807) is 12.3 Å². The second-order valence-electron chi connectivity index (χ2n) is 3.13. The second-order valence-corrected chi connectivity index (χ2v) is 3.13. The van der Waals surface area contributed by atoms with Crippen molar-refractivity contribution < 1.29 is 4.79 Å². The molecule has 0 aliphatic rings. The topological polar surface area (TPSA) is 34.9 Å². The van der Waals surface area contributed by atoms with Gasteiger partial charge in [0, 0.05) is 12.2 Å². The molecular weight excluding hydrogens is 176 g/mol. The summed E-state index contributed by atoms with van der Waals surface area (Å²) in [4.78, 5) is 11.6. The molecule has 76 valence electrons. The summed E-state index contributed by atoms with van der Waals surface area (Å²) in [7, 11) is 0. The van der Waals surface area contributed by atoms with Crippen LogP contribution in [0.3, 0.4) is 0 Å². The van der Waals surface area contributed by atoms with E-state index in [2.05, 4.69) is 5.10 Å². The first-order valence-electron chi connectivity index (χ1n) is 4.94. The van der Waals surface area contributed by atoms with E-state index < -0.39 is 0 Å². The monoisotopic (exact) mass is 192 g/mol. The van der Waals surface area contributed by atoms with Gasteiger partial charge in [0.2, 0.25) is 0 Å². The molecule has 0 saturated heterocycles. The van der Waals surface area contributed by atoms with Crippen molar-refractivity contribution in [1.29, 1.82) is 0 Å². The maximum absolute atomic E-state index is 11.6. The minimum Gasteiger partial charge on any atom is -0.289 e. The fourth-order valence-corrected chi connectivity index (χ4v) is 1.32. The Morgan fingerprint density at radius 3 is 2.79 bits per heavy atom.